The van der Waals surface area contributed by atoms with Gasteiger partial charge in [-0.2, -0.15) is 0 Å². The predicted molar refractivity (Wildman–Crippen MR) is 107 cm³/mol. The van der Waals surface area contributed by atoms with Crippen LogP contribution in [0.5, 0.6) is 0 Å². The van der Waals surface area contributed by atoms with Crippen LogP contribution >= 0.6 is 11.6 Å². The van der Waals surface area contributed by atoms with Crippen molar-refractivity contribution < 1.29 is 14.0 Å². The number of rotatable bonds is 8. The molecule has 0 spiro atoms. The van der Waals surface area contributed by atoms with E-state index in [-0.39, 0.29) is 24.2 Å². The fourth-order valence-electron chi connectivity index (χ4n) is 2.90. The van der Waals surface area contributed by atoms with Gasteiger partial charge in [0.05, 0.1) is 18.5 Å². The van der Waals surface area contributed by atoms with Gasteiger partial charge in [0, 0.05) is 11.6 Å². The molecule has 2 aromatic rings. The lowest BCUT2D eigenvalue weighted by Gasteiger charge is -2.26. The fraction of sp³-hybridized carbons (Fsp3) is 0.300. The predicted octanol–water partition coefficient (Wildman–Crippen LogP) is 3.00. The maximum absolute atomic E-state index is 13.5. The highest BCUT2D eigenvalue weighted by atomic mass is 35.5. The molecular weight excluding hydrogens is 383 g/mol. The molecule has 2 unspecified atom stereocenters. The first kappa shape index (κ1) is 21.7. The number of urea groups is 1. The molecule has 28 heavy (non-hydrogen) atoms. The Labute approximate surface area is 168 Å². The maximum atomic E-state index is 13.5. The maximum Gasteiger partial charge on any atom is 0.312 e. The minimum Gasteiger partial charge on any atom is -0.354 e. The molecule has 6 nitrogen and oxygen atoms in total. The Hall–Kier alpha value is -2.64. The summed E-state index contributed by atoms with van der Waals surface area (Å²) in [6, 6.07) is 11.6. The standard InChI is InChI=1S/C20H24ClFN4O2/c1-26(2)18(14-4-3-5-16(22)10-14)12-24-19(27)11-17(25-20(23)28)13-6-8-15(21)9-7-13/h3-10,17-18H,11-12H2,1-2H3,(H,24,27)(H3,23,25,28). The van der Waals surface area contributed by atoms with Crippen LogP contribution in [0.15, 0.2) is 48.5 Å². The number of nitrogens with one attached hydrogen (secondary N) is 2. The van der Waals surface area contributed by atoms with Crippen LogP contribution in [0.2, 0.25) is 5.02 Å². The Kier molecular flexibility index (Phi) is 7.78. The van der Waals surface area contributed by atoms with Crippen molar-refractivity contribution in [1.82, 2.24) is 15.5 Å². The quantitative estimate of drug-likeness (QED) is 0.629. The van der Waals surface area contributed by atoms with Crippen molar-refractivity contribution in [3.8, 4) is 0 Å². The highest BCUT2D eigenvalue weighted by molar-refractivity contribution is 6.30. The molecule has 0 heterocycles. The molecule has 2 rings (SSSR count). The van der Waals surface area contributed by atoms with Gasteiger partial charge in [-0.15, -0.1) is 0 Å². The molecule has 0 aliphatic rings. The Morgan fingerprint density at radius 3 is 2.39 bits per heavy atom. The first-order valence-corrected chi connectivity index (χ1v) is 9.14. The molecule has 4 N–H and O–H groups in total. The van der Waals surface area contributed by atoms with E-state index in [1.165, 1.54) is 12.1 Å². The average Bonchev–Trinajstić information content (AvgIpc) is 2.61. The third-order valence-corrected chi connectivity index (χ3v) is 4.58. The number of halogens is 2. The Morgan fingerprint density at radius 2 is 1.82 bits per heavy atom. The number of carbonyl (C=O) groups excluding carboxylic acids is 2. The smallest absolute Gasteiger partial charge is 0.312 e. The van der Waals surface area contributed by atoms with E-state index in [0.717, 1.165) is 5.56 Å². The van der Waals surface area contributed by atoms with Gasteiger partial charge >= 0.3 is 6.03 Å². The fourth-order valence-corrected chi connectivity index (χ4v) is 3.03. The third kappa shape index (κ3) is 6.51. The van der Waals surface area contributed by atoms with Crippen LogP contribution in [0.4, 0.5) is 9.18 Å². The summed E-state index contributed by atoms with van der Waals surface area (Å²) in [5.74, 6) is -0.596. The van der Waals surface area contributed by atoms with Gasteiger partial charge in [-0.25, -0.2) is 9.18 Å². The van der Waals surface area contributed by atoms with Crippen molar-refractivity contribution in [2.24, 2.45) is 5.73 Å². The number of likely N-dealkylation sites (N-methyl/N-ethyl adjacent to an activating group) is 1. The number of benzene rings is 2. The molecular formula is C20H24ClFN4O2. The number of nitrogens with zero attached hydrogens (tertiary/aromatic N) is 1. The van der Waals surface area contributed by atoms with Crippen LogP contribution in [-0.2, 0) is 4.79 Å². The Bertz CT molecular complexity index is 814. The molecule has 0 aliphatic carbocycles. The molecule has 2 aromatic carbocycles. The first-order valence-electron chi connectivity index (χ1n) is 8.76. The van der Waals surface area contributed by atoms with Crippen molar-refractivity contribution in [3.63, 3.8) is 0 Å². The third-order valence-electron chi connectivity index (χ3n) is 4.33. The molecule has 0 saturated carbocycles. The number of hydrogen-bond acceptors (Lipinski definition) is 3. The zero-order chi connectivity index (χ0) is 20.7. The molecule has 2 atom stereocenters. The van der Waals surface area contributed by atoms with Gasteiger partial charge in [0.1, 0.15) is 5.82 Å². The summed E-state index contributed by atoms with van der Waals surface area (Å²) >= 11 is 5.89. The molecule has 0 fully saturated rings. The second-order valence-electron chi connectivity index (χ2n) is 6.66. The molecule has 0 aliphatic heterocycles. The Balaban J connectivity index is 2.04. The van der Waals surface area contributed by atoms with Gasteiger partial charge in [0.15, 0.2) is 0 Å². The van der Waals surface area contributed by atoms with Crippen LogP contribution in [0, 0.1) is 5.82 Å². The summed E-state index contributed by atoms with van der Waals surface area (Å²) in [5, 5.41) is 5.97. The monoisotopic (exact) mass is 406 g/mol. The van der Waals surface area contributed by atoms with Crippen LogP contribution in [0.3, 0.4) is 0 Å². The van der Waals surface area contributed by atoms with E-state index in [1.807, 2.05) is 25.1 Å². The number of amides is 3. The van der Waals surface area contributed by atoms with Crippen LogP contribution in [-0.4, -0.2) is 37.5 Å². The van der Waals surface area contributed by atoms with Gasteiger partial charge in [-0.3, -0.25) is 4.79 Å². The highest BCUT2D eigenvalue weighted by Crippen LogP contribution is 2.21. The number of nitrogens with two attached hydrogens (primary N) is 1. The van der Waals surface area contributed by atoms with Crippen LogP contribution < -0.4 is 16.4 Å². The van der Waals surface area contributed by atoms with E-state index in [9.17, 15) is 14.0 Å². The van der Waals surface area contributed by atoms with Crippen molar-refractivity contribution in [1.29, 1.82) is 0 Å². The highest BCUT2D eigenvalue weighted by Gasteiger charge is 2.20. The summed E-state index contributed by atoms with van der Waals surface area (Å²) in [4.78, 5) is 25.7. The van der Waals surface area contributed by atoms with E-state index in [1.54, 1.807) is 30.3 Å². The zero-order valence-electron chi connectivity index (χ0n) is 15.8. The van der Waals surface area contributed by atoms with Crippen molar-refractivity contribution in [3.05, 3.63) is 70.5 Å². The number of hydrogen-bond donors (Lipinski definition) is 3. The summed E-state index contributed by atoms with van der Waals surface area (Å²) in [6.07, 6.45) is 0.00781. The number of carbonyl (C=O) groups is 2. The summed E-state index contributed by atoms with van der Waals surface area (Å²) in [5.41, 5.74) is 6.71. The molecule has 3 amide bonds. The molecule has 0 bridgehead atoms. The topological polar surface area (TPSA) is 87.5 Å². The summed E-state index contributed by atoms with van der Waals surface area (Å²) < 4.78 is 13.5. The number of primary amides is 1. The zero-order valence-corrected chi connectivity index (χ0v) is 16.5. The lowest BCUT2D eigenvalue weighted by Crippen LogP contribution is -2.39. The lowest BCUT2D eigenvalue weighted by atomic mass is 10.0. The second kappa shape index (κ2) is 10.1. The van der Waals surface area contributed by atoms with Gasteiger partial charge in [0.2, 0.25) is 5.91 Å². The van der Waals surface area contributed by atoms with Crippen molar-refractivity contribution >= 4 is 23.5 Å². The minimum atomic E-state index is -0.723. The van der Waals surface area contributed by atoms with E-state index in [0.29, 0.717) is 17.1 Å². The van der Waals surface area contributed by atoms with Crippen LogP contribution in [0.25, 0.3) is 0 Å². The van der Waals surface area contributed by atoms with E-state index in [2.05, 4.69) is 10.6 Å². The second-order valence-corrected chi connectivity index (χ2v) is 7.09. The summed E-state index contributed by atoms with van der Waals surface area (Å²) in [7, 11) is 3.71. The first-order chi connectivity index (χ1) is 13.3. The van der Waals surface area contributed by atoms with Crippen LogP contribution in [0.1, 0.15) is 29.6 Å². The van der Waals surface area contributed by atoms with Crippen molar-refractivity contribution in [2.75, 3.05) is 20.6 Å². The Morgan fingerprint density at radius 1 is 1.14 bits per heavy atom. The normalized spacial score (nSPS) is 13.0. The van der Waals surface area contributed by atoms with Crippen molar-refractivity contribution in [2.45, 2.75) is 18.5 Å². The molecule has 150 valence electrons. The van der Waals surface area contributed by atoms with Gasteiger partial charge in [-0.05, 0) is 49.5 Å². The summed E-state index contributed by atoms with van der Waals surface area (Å²) in [6.45, 7) is 0.291. The van der Waals surface area contributed by atoms with E-state index >= 15 is 0 Å². The SMILES string of the molecule is CN(C)C(CNC(=O)CC(NC(N)=O)c1ccc(Cl)cc1)c1cccc(F)c1. The lowest BCUT2D eigenvalue weighted by molar-refractivity contribution is -0.121. The van der Waals surface area contributed by atoms with Gasteiger partial charge in [-0.1, -0.05) is 35.9 Å². The molecule has 8 heteroatoms. The average molecular weight is 407 g/mol. The largest absolute Gasteiger partial charge is 0.354 e. The molecule has 0 radical (unpaired) electrons. The van der Waals surface area contributed by atoms with Gasteiger partial charge < -0.3 is 21.3 Å². The van der Waals surface area contributed by atoms with E-state index in [4.69, 9.17) is 17.3 Å². The molecule has 0 aromatic heterocycles. The minimum absolute atomic E-state index is 0.00781. The van der Waals surface area contributed by atoms with E-state index < -0.39 is 12.1 Å². The van der Waals surface area contributed by atoms with Gasteiger partial charge in [0.25, 0.3) is 0 Å². The molecule has 0 saturated heterocycles.